The maximum absolute atomic E-state index is 13.7. The van der Waals surface area contributed by atoms with Gasteiger partial charge in [-0.05, 0) is 90.1 Å². The van der Waals surface area contributed by atoms with E-state index in [2.05, 4.69) is 5.32 Å². The number of fused-ring (bicyclic) bond motifs is 1. The molecule has 0 radical (unpaired) electrons. The molecule has 4 rings (SSSR count). The SMILES string of the molecule is CC[S+]([O-])c1ccc(C(CO)NC(=O)c2ccc3c(c2)CC(Cc2ccc(Cl)cc2C(F)(F)F)N3CCF)cc1. The molecule has 3 aromatic carbocycles. The van der Waals surface area contributed by atoms with E-state index in [0.717, 1.165) is 11.6 Å². The Balaban J connectivity index is 1.53. The molecule has 0 saturated heterocycles. The lowest BCUT2D eigenvalue weighted by molar-refractivity contribution is -0.138. The number of benzene rings is 3. The summed E-state index contributed by atoms with van der Waals surface area (Å²) in [4.78, 5) is 15.5. The first kappa shape index (κ1) is 30.2. The van der Waals surface area contributed by atoms with Crippen LogP contribution < -0.4 is 10.2 Å². The molecule has 1 amide bonds. The summed E-state index contributed by atoms with van der Waals surface area (Å²) in [6, 6.07) is 14.2. The minimum absolute atomic E-state index is 0.00352. The van der Waals surface area contributed by atoms with E-state index >= 15 is 0 Å². The molecule has 0 spiro atoms. The number of anilines is 1. The molecule has 40 heavy (non-hydrogen) atoms. The van der Waals surface area contributed by atoms with Gasteiger partial charge in [0, 0.05) is 28.9 Å². The van der Waals surface area contributed by atoms with Gasteiger partial charge >= 0.3 is 6.18 Å². The zero-order valence-electron chi connectivity index (χ0n) is 21.7. The van der Waals surface area contributed by atoms with Gasteiger partial charge in [-0.1, -0.05) is 29.8 Å². The van der Waals surface area contributed by atoms with E-state index in [1.807, 2.05) is 6.92 Å². The van der Waals surface area contributed by atoms with Crippen molar-refractivity contribution in [3.05, 3.63) is 93.5 Å². The van der Waals surface area contributed by atoms with E-state index < -0.39 is 47.6 Å². The first-order valence-electron chi connectivity index (χ1n) is 12.8. The quantitative estimate of drug-likeness (QED) is 0.226. The molecule has 0 fully saturated rings. The van der Waals surface area contributed by atoms with Crippen molar-refractivity contribution in [2.75, 3.05) is 30.5 Å². The Morgan fingerprint density at radius 1 is 1.18 bits per heavy atom. The molecule has 0 aliphatic carbocycles. The monoisotopic (exact) mass is 596 g/mol. The molecule has 0 bridgehead atoms. The predicted molar refractivity (Wildman–Crippen MR) is 148 cm³/mol. The largest absolute Gasteiger partial charge is 0.611 e. The predicted octanol–water partition coefficient (Wildman–Crippen LogP) is 5.89. The van der Waals surface area contributed by atoms with Gasteiger partial charge in [-0.2, -0.15) is 13.2 Å². The highest BCUT2D eigenvalue weighted by atomic mass is 35.5. The standard InChI is InChI=1S/C29H29ClF4N2O3S/c1-2-40(39)24-8-4-18(5-9-24)26(17-37)35-28(38)20-6-10-27-21(13-20)15-23(36(27)12-11-31)14-19-3-7-22(30)16-25(19)29(32,33)34/h3-10,13,16,23,26,37H,2,11-12,14-15,17H2,1H3,(H,35,38). The zero-order chi connectivity index (χ0) is 29.0. The Labute approximate surface area is 238 Å². The summed E-state index contributed by atoms with van der Waals surface area (Å²) in [6.07, 6.45) is -4.23. The molecule has 1 aliphatic heterocycles. The van der Waals surface area contributed by atoms with Crippen molar-refractivity contribution in [1.29, 1.82) is 0 Å². The molecule has 3 atom stereocenters. The number of rotatable bonds is 10. The van der Waals surface area contributed by atoms with Gasteiger partial charge in [0.15, 0.2) is 4.90 Å². The van der Waals surface area contributed by atoms with Crippen LogP contribution in [0.2, 0.25) is 5.02 Å². The van der Waals surface area contributed by atoms with Crippen LogP contribution in [0.15, 0.2) is 65.6 Å². The van der Waals surface area contributed by atoms with Gasteiger partial charge < -0.3 is 19.9 Å². The lowest BCUT2D eigenvalue weighted by Crippen LogP contribution is -2.36. The van der Waals surface area contributed by atoms with Gasteiger partial charge in [-0.15, -0.1) is 0 Å². The molecule has 214 valence electrons. The van der Waals surface area contributed by atoms with E-state index in [9.17, 15) is 32.0 Å². The van der Waals surface area contributed by atoms with Gasteiger partial charge in [0.2, 0.25) is 0 Å². The fourth-order valence-electron chi connectivity index (χ4n) is 5.05. The van der Waals surface area contributed by atoms with Crippen molar-refractivity contribution < 1.29 is 32.0 Å². The average molecular weight is 597 g/mol. The Hall–Kier alpha value is -2.79. The lowest BCUT2D eigenvalue weighted by atomic mass is 9.97. The molecule has 1 heterocycles. The average Bonchev–Trinajstić information content (AvgIpc) is 3.27. The summed E-state index contributed by atoms with van der Waals surface area (Å²) in [5, 5.41) is 12.7. The van der Waals surface area contributed by atoms with Crippen molar-refractivity contribution in [1.82, 2.24) is 5.32 Å². The van der Waals surface area contributed by atoms with Crippen LogP contribution in [-0.2, 0) is 30.2 Å². The fraction of sp³-hybridized carbons (Fsp3) is 0.345. The fourth-order valence-corrected chi connectivity index (χ4v) is 5.99. The number of hydrogen-bond donors (Lipinski definition) is 2. The molecule has 0 aromatic heterocycles. The first-order chi connectivity index (χ1) is 19.0. The van der Waals surface area contributed by atoms with Crippen LogP contribution in [-0.4, -0.2) is 47.2 Å². The zero-order valence-corrected chi connectivity index (χ0v) is 23.3. The summed E-state index contributed by atoms with van der Waals surface area (Å²) < 4.78 is 66.5. The van der Waals surface area contributed by atoms with Crippen LogP contribution in [0.25, 0.3) is 0 Å². The van der Waals surface area contributed by atoms with Crippen molar-refractivity contribution in [3.63, 3.8) is 0 Å². The van der Waals surface area contributed by atoms with Gasteiger partial charge in [0.1, 0.15) is 12.4 Å². The van der Waals surface area contributed by atoms with E-state index in [1.54, 1.807) is 47.4 Å². The topological polar surface area (TPSA) is 75.6 Å². The normalized spacial score (nSPS) is 16.5. The third kappa shape index (κ3) is 6.74. The number of amides is 1. The highest BCUT2D eigenvalue weighted by Gasteiger charge is 2.36. The molecular formula is C29H29ClF4N2O3S. The summed E-state index contributed by atoms with van der Waals surface area (Å²) in [7, 11) is 0. The molecule has 5 nitrogen and oxygen atoms in total. The van der Waals surface area contributed by atoms with Gasteiger partial charge in [0.25, 0.3) is 5.91 Å². The van der Waals surface area contributed by atoms with Crippen LogP contribution in [0, 0.1) is 0 Å². The lowest BCUT2D eigenvalue weighted by Gasteiger charge is -2.27. The van der Waals surface area contributed by atoms with E-state index in [4.69, 9.17) is 11.6 Å². The molecular weight excluding hydrogens is 568 g/mol. The third-order valence-electron chi connectivity index (χ3n) is 7.00. The van der Waals surface area contributed by atoms with Crippen molar-refractivity contribution in [3.8, 4) is 0 Å². The number of carbonyl (C=O) groups excluding carboxylic acids is 1. The second-order valence-corrected chi connectivity index (χ2v) is 11.7. The van der Waals surface area contributed by atoms with Gasteiger partial charge in [0.05, 0.1) is 18.2 Å². The van der Waals surface area contributed by atoms with E-state index in [0.29, 0.717) is 33.9 Å². The number of aliphatic hydroxyl groups is 1. The molecule has 11 heteroatoms. The van der Waals surface area contributed by atoms with Crippen LogP contribution in [0.5, 0.6) is 0 Å². The Morgan fingerprint density at radius 3 is 2.52 bits per heavy atom. The number of nitrogens with one attached hydrogen (secondary N) is 1. The highest BCUT2D eigenvalue weighted by Crippen LogP contribution is 2.38. The Kier molecular flexibility index (Phi) is 9.66. The van der Waals surface area contributed by atoms with E-state index in [-0.39, 0.29) is 30.2 Å². The van der Waals surface area contributed by atoms with Crippen LogP contribution in [0.1, 0.15) is 45.6 Å². The minimum atomic E-state index is -4.58. The molecule has 0 saturated carbocycles. The Bertz CT molecular complexity index is 1340. The van der Waals surface area contributed by atoms with Crippen LogP contribution in [0.3, 0.4) is 0 Å². The number of hydrogen-bond acceptors (Lipinski definition) is 4. The molecule has 3 unspecified atom stereocenters. The highest BCUT2D eigenvalue weighted by molar-refractivity contribution is 7.91. The van der Waals surface area contributed by atoms with Crippen molar-refractivity contribution in [2.24, 2.45) is 0 Å². The third-order valence-corrected chi connectivity index (χ3v) is 8.56. The number of aliphatic hydroxyl groups excluding tert-OH is 1. The summed E-state index contributed by atoms with van der Waals surface area (Å²) in [6.45, 7) is 0.771. The molecule has 1 aliphatic rings. The second-order valence-electron chi connectivity index (χ2n) is 9.50. The van der Waals surface area contributed by atoms with Crippen molar-refractivity contribution in [2.45, 2.75) is 42.9 Å². The Morgan fingerprint density at radius 2 is 1.90 bits per heavy atom. The van der Waals surface area contributed by atoms with Gasteiger partial charge in [-0.25, -0.2) is 4.39 Å². The number of halogens is 5. The number of alkyl halides is 4. The smallest absolute Gasteiger partial charge is 0.416 e. The number of nitrogens with zero attached hydrogens (tertiary/aromatic N) is 1. The number of carbonyl (C=O) groups is 1. The maximum atomic E-state index is 13.7. The van der Waals surface area contributed by atoms with Gasteiger partial charge in [-0.3, -0.25) is 4.79 Å². The van der Waals surface area contributed by atoms with Crippen molar-refractivity contribution >= 4 is 34.4 Å². The summed E-state index contributed by atoms with van der Waals surface area (Å²) in [5.41, 5.74) is 1.59. The summed E-state index contributed by atoms with van der Waals surface area (Å²) in [5.74, 6) is 0.0330. The second kappa shape index (κ2) is 12.8. The first-order valence-corrected chi connectivity index (χ1v) is 14.5. The van der Waals surface area contributed by atoms with Crippen LogP contribution >= 0.6 is 11.6 Å². The molecule has 3 aromatic rings. The maximum Gasteiger partial charge on any atom is 0.416 e. The van der Waals surface area contributed by atoms with Crippen LogP contribution in [0.4, 0.5) is 23.2 Å². The summed E-state index contributed by atoms with van der Waals surface area (Å²) >= 11 is 4.70. The molecule has 2 N–H and O–H groups in total. The minimum Gasteiger partial charge on any atom is -0.611 e. The van der Waals surface area contributed by atoms with E-state index in [1.165, 1.54) is 12.1 Å².